The quantitative estimate of drug-likeness (QED) is 0.856. The third-order valence-corrected chi connectivity index (χ3v) is 4.54. The van der Waals surface area contributed by atoms with E-state index in [4.69, 9.17) is 10.7 Å². The molecule has 0 amide bonds. The molecule has 3 nitrogen and oxygen atoms in total. The van der Waals surface area contributed by atoms with Crippen molar-refractivity contribution in [3.63, 3.8) is 0 Å². The van der Waals surface area contributed by atoms with Gasteiger partial charge in [0.15, 0.2) is 0 Å². The van der Waals surface area contributed by atoms with Crippen LogP contribution in [-0.4, -0.2) is 16.0 Å². The van der Waals surface area contributed by atoms with Crippen LogP contribution >= 0.6 is 11.3 Å². The van der Waals surface area contributed by atoms with E-state index >= 15 is 0 Å². The Morgan fingerprint density at radius 1 is 1.29 bits per heavy atom. The summed E-state index contributed by atoms with van der Waals surface area (Å²) in [6, 6.07) is 2.48. The Labute approximate surface area is 105 Å². The van der Waals surface area contributed by atoms with Crippen LogP contribution < -0.4 is 5.73 Å². The molecule has 2 heterocycles. The maximum absolute atomic E-state index is 5.94. The molecule has 17 heavy (non-hydrogen) atoms. The summed E-state index contributed by atoms with van der Waals surface area (Å²) in [4.78, 5) is 7.83. The SMILES string of the molecule is NC1CCC(c2nc(-c3cc[nH]c3)cs2)CC1. The monoisotopic (exact) mass is 247 g/mol. The first kappa shape index (κ1) is 11.0. The van der Waals surface area contributed by atoms with E-state index in [-0.39, 0.29) is 0 Å². The average Bonchev–Trinajstić information content (AvgIpc) is 3.00. The van der Waals surface area contributed by atoms with Crippen molar-refractivity contribution in [2.24, 2.45) is 5.73 Å². The van der Waals surface area contributed by atoms with Gasteiger partial charge in [-0.1, -0.05) is 0 Å². The Hall–Kier alpha value is -1.13. The van der Waals surface area contributed by atoms with Crippen LogP contribution in [0.25, 0.3) is 11.3 Å². The van der Waals surface area contributed by atoms with Gasteiger partial charge in [-0.05, 0) is 31.7 Å². The number of nitrogens with one attached hydrogen (secondary N) is 1. The fourth-order valence-electron chi connectivity index (χ4n) is 2.46. The van der Waals surface area contributed by atoms with Crippen molar-refractivity contribution in [1.82, 2.24) is 9.97 Å². The van der Waals surface area contributed by atoms with Crippen LogP contribution in [0.5, 0.6) is 0 Å². The van der Waals surface area contributed by atoms with E-state index in [0.29, 0.717) is 12.0 Å². The highest BCUT2D eigenvalue weighted by Crippen LogP contribution is 2.35. The minimum absolute atomic E-state index is 0.412. The van der Waals surface area contributed by atoms with E-state index in [1.165, 1.54) is 23.4 Å². The molecule has 4 heteroatoms. The summed E-state index contributed by atoms with van der Waals surface area (Å²) in [5, 5.41) is 3.45. The van der Waals surface area contributed by atoms with Gasteiger partial charge in [-0.3, -0.25) is 0 Å². The van der Waals surface area contributed by atoms with Crippen molar-refractivity contribution in [2.45, 2.75) is 37.6 Å². The Kier molecular flexibility index (Phi) is 2.99. The fourth-order valence-corrected chi connectivity index (χ4v) is 3.46. The molecule has 0 unspecified atom stereocenters. The molecule has 1 aliphatic rings. The normalized spacial score (nSPS) is 25.0. The zero-order valence-electron chi connectivity index (χ0n) is 9.73. The molecule has 1 saturated carbocycles. The zero-order chi connectivity index (χ0) is 11.7. The van der Waals surface area contributed by atoms with Crippen molar-refractivity contribution < 1.29 is 0 Å². The van der Waals surface area contributed by atoms with E-state index in [1.54, 1.807) is 11.3 Å². The van der Waals surface area contributed by atoms with Crippen LogP contribution in [0.1, 0.15) is 36.6 Å². The number of rotatable bonds is 2. The van der Waals surface area contributed by atoms with Gasteiger partial charge < -0.3 is 10.7 Å². The molecular weight excluding hydrogens is 230 g/mol. The van der Waals surface area contributed by atoms with Crippen LogP contribution in [-0.2, 0) is 0 Å². The van der Waals surface area contributed by atoms with Crippen molar-refractivity contribution in [3.8, 4) is 11.3 Å². The number of aromatic nitrogens is 2. The van der Waals surface area contributed by atoms with Crippen molar-refractivity contribution in [2.75, 3.05) is 0 Å². The van der Waals surface area contributed by atoms with Crippen LogP contribution in [0.3, 0.4) is 0 Å². The van der Waals surface area contributed by atoms with Crippen LogP contribution in [0.4, 0.5) is 0 Å². The lowest BCUT2D eigenvalue weighted by Gasteiger charge is -2.24. The van der Waals surface area contributed by atoms with Gasteiger partial charge in [-0.15, -0.1) is 11.3 Å². The van der Waals surface area contributed by atoms with Crippen LogP contribution in [0, 0.1) is 0 Å². The lowest BCUT2D eigenvalue weighted by Crippen LogP contribution is -2.25. The van der Waals surface area contributed by atoms with E-state index in [9.17, 15) is 0 Å². The van der Waals surface area contributed by atoms with Gasteiger partial charge in [0.05, 0.1) is 10.7 Å². The van der Waals surface area contributed by atoms with Gasteiger partial charge in [0.2, 0.25) is 0 Å². The molecule has 0 atom stereocenters. The van der Waals surface area contributed by atoms with Crippen LogP contribution in [0.15, 0.2) is 23.8 Å². The standard InChI is InChI=1S/C13H17N3S/c14-11-3-1-9(2-4-11)13-16-12(8-17-13)10-5-6-15-7-10/h5-9,11,15H,1-4,14H2. The maximum atomic E-state index is 5.94. The first-order valence-corrected chi connectivity index (χ1v) is 7.05. The minimum atomic E-state index is 0.412. The summed E-state index contributed by atoms with van der Waals surface area (Å²) in [6.45, 7) is 0. The van der Waals surface area contributed by atoms with Gasteiger partial charge in [0.1, 0.15) is 0 Å². The van der Waals surface area contributed by atoms with E-state index < -0.39 is 0 Å². The molecule has 2 aromatic rings. The van der Waals surface area contributed by atoms with Gasteiger partial charge >= 0.3 is 0 Å². The number of aromatic amines is 1. The van der Waals surface area contributed by atoms with Gasteiger partial charge in [-0.2, -0.15) is 0 Å². The van der Waals surface area contributed by atoms with Gasteiger partial charge in [0, 0.05) is 35.3 Å². The maximum Gasteiger partial charge on any atom is 0.0963 e. The molecule has 2 aromatic heterocycles. The number of H-pyrrole nitrogens is 1. The molecule has 0 saturated heterocycles. The highest BCUT2D eigenvalue weighted by molar-refractivity contribution is 7.10. The molecule has 90 valence electrons. The number of thiazole rings is 1. The minimum Gasteiger partial charge on any atom is -0.367 e. The Morgan fingerprint density at radius 3 is 2.82 bits per heavy atom. The zero-order valence-corrected chi connectivity index (χ0v) is 10.5. The third-order valence-electron chi connectivity index (χ3n) is 3.54. The summed E-state index contributed by atoms with van der Waals surface area (Å²) in [5.41, 5.74) is 8.22. The lowest BCUT2D eigenvalue weighted by molar-refractivity contribution is 0.395. The summed E-state index contributed by atoms with van der Waals surface area (Å²) in [5.74, 6) is 0.632. The Morgan fingerprint density at radius 2 is 2.12 bits per heavy atom. The smallest absolute Gasteiger partial charge is 0.0963 e. The summed E-state index contributed by atoms with van der Waals surface area (Å²) in [6.07, 6.45) is 8.61. The predicted molar refractivity (Wildman–Crippen MR) is 71.1 cm³/mol. The Balaban J connectivity index is 1.76. The second kappa shape index (κ2) is 4.63. The fraction of sp³-hybridized carbons (Fsp3) is 0.462. The van der Waals surface area contributed by atoms with E-state index in [2.05, 4.69) is 16.4 Å². The summed E-state index contributed by atoms with van der Waals surface area (Å²) >= 11 is 1.79. The molecule has 0 aliphatic heterocycles. The lowest BCUT2D eigenvalue weighted by atomic mass is 9.87. The number of nitrogens with two attached hydrogens (primary N) is 1. The molecule has 1 aliphatic carbocycles. The highest BCUT2D eigenvalue weighted by atomic mass is 32.1. The first-order valence-electron chi connectivity index (χ1n) is 6.17. The van der Waals surface area contributed by atoms with Crippen molar-refractivity contribution in [1.29, 1.82) is 0 Å². The average molecular weight is 247 g/mol. The Bertz CT molecular complexity index is 467. The van der Waals surface area contributed by atoms with Crippen molar-refractivity contribution >= 4 is 11.3 Å². The van der Waals surface area contributed by atoms with Gasteiger partial charge in [-0.25, -0.2) is 4.98 Å². The second-order valence-corrected chi connectivity index (χ2v) is 5.67. The van der Waals surface area contributed by atoms with E-state index in [0.717, 1.165) is 18.5 Å². The number of hydrogen-bond acceptors (Lipinski definition) is 3. The number of nitrogens with zero attached hydrogens (tertiary/aromatic N) is 1. The van der Waals surface area contributed by atoms with Gasteiger partial charge in [0.25, 0.3) is 0 Å². The highest BCUT2D eigenvalue weighted by Gasteiger charge is 2.22. The molecule has 3 rings (SSSR count). The molecule has 0 aromatic carbocycles. The first-order chi connectivity index (χ1) is 8.33. The number of hydrogen-bond donors (Lipinski definition) is 2. The molecular formula is C13H17N3S. The second-order valence-electron chi connectivity index (χ2n) is 4.78. The molecule has 0 spiro atoms. The van der Waals surface area contributed by atoms with E-state index in [1.807, 2.05) is 12.4 Å². The third kappa shape index (κ3) is 2.28. The summed E-state index contributed by atoms with van der Waals surface area (Å²) in [7, 11) is 0. The molecule has 1 fully saturated rings. The van der Waals surface area contributed by atoms with Crippen molar-refractivity contribution in [3.05, 3.63) is 28.8 Å². The largest absolute Gasteiger partial charge is 0.367 e. The topological polar surface area (TPSA) is 54.7 Å². The predicted octanol–water partition coefficient (Wildman–Crippen LogP) is 3.12. The molecule has 0 radical (unpaired) electrons. The summed E-state index contributed by atoms with van der Waals surface area (Å²) < 4.78 is 0. The molecule has 3 N–H and O–H groups in total. The molecule has 0 bridgehead atoms. The van der Waals surface area contributed by atoms with Crippen LogP contribution in [0.2, 0.25) is 0 Å².